The number of nitrogens with two attached hydrogens (primary N) is 1. The van der Waals surface area contributed by atoms with Crippen molar-refractivity contribution in [3.63, 3.8) is 0 Å². The van der Waals surface area contributed by atoms with Crippen molar-refractivity contribution in [1.82, 2.24) is 14.8 Å². The molecule has 2 aromatic heterocycles. The van der Waals surface area contributed by atoms with Crippen LogP contribution in [0.2, 0.25) is 0 Å². The first kappa shape index (κ1) is 13.5. The highest BCUT2D eigenvalue weighted by Crippen LogP contribution is 2.24. The summed E-state index contributed by atoms with van der Waals surface area (Å²) >= 11 is 3.47. The first-order valence-electron chi connectivity index (χ1n) is 5.63. The maximum absolute atomic E-state index is 8.91. The first-order chi connectivity index (χ1) is 8.97. The molecule has 2 aromatic rings. The van der Waals surface area contributed by atoms with Gasteiger partial charge in [0.1, 0.15) is 0 Å². The van der Waals surface area contributed by atoms with E-state index < -0.39 is 0 Å². The zero-order chi connectivity index (χ0) is 14.2. The summed E-state index contributed by atoms with van der Waals surface area (Å²) in [5.41, 5.74) is 8.93. The average molecular weight is 324 g/mol. The summed E-state index contributed by atoms with van der Waals surface area (Å²) in [7, 11) is 0. The van der Waals surface area contributed by atoms with Gasteiger partial charge in [-0.05, 0) is 48.3 Å². The molecule has 0 saturated heterocycles. The Kier molecular flexibility index (Phi) is 3.57. The molecule has 0 spiro atoms. The van der Waals surface area contributed by atoms with Crippen LogP contribution in [0.4, 0.5) is 0 Å². The summed E-state index contributed by atoms with van der Waals surface area (Å²) in [6.07, 6.45) is 1.67. The van der Waals surface area contributed by atoms with Crippen LogP contribution in [0.25, 0.3) is 5.82 Å². The molecule has 19 heavy (non-hydrogen) atoms. The number of rotatable bonds is 2. The van der Waals surface area contributed by atoms with Crippen molar-refractivity contribution in [2.45, 2.75) is 20.8 Å². The molecule has 2 heterocycles. The molecule has 0 saturated carbocycles. The van der Waals surface area contributed by atoms with Crippen LogP contribution in [-0.4, -0.2) is 25.8 Å². The highest BCUT2D eigenvalue weighted by molar-refractivity contribution is 9.10. The highest BCUT2D eigenvalue weighted by atomic mass is 79.9. The van der Waals surface area contributed by atoms with Crippen LogP contribution in [0.5, 0.6) is 0 Å². The van der Waals surface area contributed by atoms with Crippen molar-refractivity contribution in [3.8, 4) is 5.82 Å². The quantitative estimate of drug-likeness (QED) is 0.383. The van der Waals surface area contributed by atoms with Crippen molar-refractivity contribution in [1.29, 1.82) is 0 Å². The number of aromatic nitrogens is 3. The lowest BCUT2D eigenvalue weighted by Crippen LogP contribution is -2.20. The molecule has 3 N–H and O–H groups in total. The van der Waals surface area contributed by atoms with Crippen molar-refractivity contribution in [3.05, 3.63) is 39.3 Å². The van der Waals surface area contributed by atoms with Crippen LogP contribution in [0.1, 0.15) is 22.5 Å². The Morgan fingerprint density at radius 2 is 2.11 bits per heavy atom. The van der Waals surface area contributed by atoms with Crippen molar-refractivity contribution in [2.75, 3.05) is 0 Å². The Hall–Kier alpha value is -1.89. The van der Waals surface area contributed by atoms with Crippen LogP contribution in [0, 0.1) is 20.8 Å². The van der Waals surface area contributed by atoms with Crippen LogP contribution in [-0.2, 0) is 0 Å². The van der Waals surface area contributed by atoms with E-state index in [0.717, 1.165) is 21.4 Å². The smallest absolute Gasteiger partial charge is 0.174 e. The number of hydrogen-bond acceptors (Lipinski definition) is 4. The van der Waals surface area contributed by atoms with Gasteiger partial charge in [0.05, 0.1) is 21.4 Å². The second-order valence-corrected chi connectivity index (χ2v) is 5.00. The second kappa shape index (κ2) is 5.00. The third-order valence-electron chi connectivity index (χ3n) is 2.91. The van der Waals surface area contributed by atoms with Crippen molar-refractivity contribution >= 4 is 21.8 Å². The van der Waals surface area contributed by atoms with E-state index in [9.17, 15) is 0 Å². The molecule has 0 unspecified atom stereocenters. The molecule has 0 aliphatic rings. The van der Waals surface area contributed by atoms with Gasteiger partial charge in [-0.25, -0.2) is 9.67 Å². The van der Waals surface area contributed by atoms with Gasteiger partial charge >= 0.3 is 0 Å². The third-order valence-corrected chi connectivity index (χ3v) is 4.05. The molecule has 0 bridgehead atoms. The van der Waals surface area contributed by atoms with Gasteiger partial charge in [0.15, 0.2) is 11.7 Å². The summed E-state index contributed by atoms with van der Waals surface area (Å²) in [5.74, 6) is 0.561. The summed E-state index contributed by atoms with van der Waals surface area (Å²) < 4.78 is 2.60. The lowest BCUT2D eigenvalue weighted by atomic mass is 10.1. The third kappa shape index (κ3) is 2.21. The van der Waals surface area contributed by atoms with E-state index >= 15 is 0 Å². The SMILES string of the molecule is Cc1ccnc(-n2nc(C)c(Br)c2C)c1/C(N)=N/O. The summed E-state index contributed by atoms with van der Waals surface area (Å²) in [5, 5.41) is 16.4. The van der Waals surface area contributed by atoms with Crippen molar-refractivity contribution in [2.24, 2.45) is 10.9 Å². The van der Waals surface area contributed by atoms with E-state index in [1.165, 1.54) is 0 Å². The van der Waals surface area contributed by atoms with E-state index in [1.807, 2.05) is 20.8 Å². The zero-order valence-electron chi connectivity index (χ0n) is 10.8. The Labute approximate surface area is 119 Å². The van der Waals surface area contributed by atoms with Gasteiger partial charge < -0.3 is 10.9 Å². The molecular weight excluding hydrogens is 310 g/mol. The van der Waals surface area contributed by atoms with E-state index in [0.29, 0.717) is 11.4 Å². The topological polar surface area (TPSA) is 89.3 Å². The maximum atomic E-state index is 8.91. The van der Waals surface area contributed by atoms with Gasteiger partial charge in [-0.1, -0.05) is 5.16 Å². The lowest BCUT2D eigenvalue weighted by molar-refractivity contribution is 0.318. The van der Waals surface area contributed by atoms with Crippen LogP contribution < -0.4 is 5.73 Å². The predicted molar refractivity (Wildman–Crippen MR) is 75.8 cm³/mol. The number of pyridine rings is 1. The predicted octanol–water partition coefficient (Wildman–Crippen LogP) is 2.05. The van der Waals surface area contributed by atoms with E-state index in [2.05, 4.69) is 31.2 Å². The lowest BCUT2D eigenvalue weighted by Gasteiger charge is -2.11. The molecule has 7 heteroatoms. The average Bonchev–Trinajstić information content (AvgIpc) is 2.65. The monoisotopic (exact) mass is 323 g/mol. The van der Waals surface area contributed by atoms with Gasteiger partial charge in [-0.3, -0.25) is 0 Å². The molecule has 0 aliphatic carbocycles. The maximum Gasteiger partial charge on any atom is 0.174 e. The highest BCUT2D eigenvalue weighted by Gasteiger charge is 2.18. The van der Waals surface area contributed by atoms with E-state index in [4.69, 9.17) is 10.9 Å². The van der Waals surface area contributed by atoms with Gasteiger partial charge in [0, 0.05) is 6.20 Å². The Bertz CT molecular complexity index is 662. The van der Waals surface area contributed by atoms with Crippen LogP contribution in [0.3, 0.4) is 0 Å². The number of halogens is 1. The number of amidine groups is 1. The minimum Gasteiger partial charge on any atom is -0.409 e. The largest absolute Gasteiger partial charge is 0.409 e. The fourth-order valence-corrected chi connectivity index (χ4v) is 2.15. The second-order valence-electron chi connectivity index (χ2n) is 4.21. The van der Waals surface area contributed by atoms with Gasteiger partial charge in [0.25, 0.3) is 0 Å². The minimum atomic E-state index is 0.0178. The first-order valence-corrected chi connectivity index (χ1v) is 6.42. The van der Waals surface area contributed by atoms with E-state index in [1.54, 1.807) is 16.9 Å². The molecule has 0 fully saturated rings. The molecular formula is C12H14BrN5O. The Morgan fingerprint density at radius 3 is 2.63 bits per heavy atom. The fourth-order valence-electron chi connectivity index (χ4n) is 1.90. The molecule has 2 rings (SSSR count). The number of nitrogens with zero attached hydrogens (tertiary/aromatic N) is 4. The molecule has 0 aliphatic heterocycles. The number of aryl methyl sites for hydroxylation is 2. The molecule has 0 aromatic carbocycles. The van der Waals surface area contributed by atoms with Crippen molar-refractivity contribution < 1.29 is 5.21 Å². The molecule has 0 radical (unpaired) electrons. The zero-order valence-corrected chi connectivity index (χ0v) is 12.4. The van der Waals surface area contributed by atoms with E-state index in [-0.39, 0.29) is 5.84 Å². The summed E-state index contributed by atoms with van der Waals surface area (Å²) in [4.78, 5) is 4.30. The molecule has 6 nitrogen and oxygen atoms in total. The number of hydrogen-bond donors (Lipinski definition) is 2. The summed E-state index contributed by atoms with van der Waals surface area (Å²) in [6.45, 7) is 5.69. The Morgan fingerprint density at radius 1 is 1.42 bits per heavy atom. The molecule has 100 valence electrons. The fraction of sp³-hybridized carbons (Fsp3) is 0.250. The van der Waals surface area contributed by atoms with Crippen LogP contribution >= 0.6 is 15.9 Å². The minimum absolute atomic E-state index is 0.0178. The Balaban J connectivity index is 2.76. The number of oxime groups is 1. The van der Waals surface area contributed by atoms with Gasteiger partial charge in [-0.15, -0.1) is 0 Å². The molecule has 0 amide bonds. The standard InChI is InChI=1S/C12H14BrN5O/c1-6-4-5-15-12(9(6)11(14)17-19)18-8(3)10(13)7(2)16-18/h4-5,19H,1-3H3,(H2,14,17). The van der Waals surface area contributed by atoms with Gasteiger partial charge in [-0.2, -0.15) is 5.10 Å². The van der Waals surface area contributed by atoms with Crippen LogP contribution in [0.15, 0.2) is 21.9 Å². The van der Waals surface area contributed by atoms with Gasteiger partial charge in [0.2, 0.25) is 0 Å². The summed E-state index contributed by atoms with van der Waals surface area (Å²) in [6, 6.07) is 1.80. The normalized spacial score (nSPS) is 11.9. The molecule has 0 atom stereocenters.